The molecule has 4 aromatic carbocycles. The number of amides is 2. The fourth-order valence-corrected chi connectivity index (χ4v) is 6.47. The van der Waals surface area contributed by atoms with E-state index in [1.807, 2.05) is 95.8 Å². The third-order valence-corrected chi connectivity index (χ3v) is 9.18. The van der Waals surface area contributed by atoms with Crippen molar-refractivity contribution in [2.45, 2.75) is 38.2 Å². The number of carboxylic acid groups (broad SMARTS) is 1. The molecule has 1 aliphatic rings. The predicted molar refractivity (Wildman–Crippen MR) is 192 cm³/mol. The molecule has 2 aromatic heterocycles. The lowest BCUT2D eigenvalue weighted by molar-refractivity contribution is -0.137. The van der Waals surface area contributed by atoms with E-state index in [0.29, 0.717) is 35.3 Å². The van der Waals surface area contributed by atoms with Crippen molar-refractivity contribution in [3.8, 4) is 5.69 Å². The average molecular weight is 656 g/mol. The number of anilines is 3. The molecule has 0 atom stereocenters. The van der Waals surface area contributed by atoms with E-state index in [2.05, 4.69) is 20.5 Å². The monoisotopic (exact) mass is 655 g/mol. The van der Waals surface area contributed by atoms with E-state index in [4.69, 9.17) is 5.11 Å². The molecular formula is C39H37N5O5. The molecule has 3 heterocycles. The number of fused-ring (bicyclic) bond motifs is 2. The Morgan fingerprint density at radius 3 is 2.08 bits per heavy atom. The fraction of sp³-hybridized carbons (Fsp3) is 0.205. The highest BCUT2D eigenvalue weighted by atomic mass is 16.4. The van der Waals surface area contributed by atoms with E-state index in [-0.39, 0.29) is 24.3 Å². The highest BCUT2D eigenvalue weighted by Crippen LogP contribution is 2.27. The minimum absolute atomic E-state index is 0.112. The second-order valence-electron chi connectivity index (χ2n) is 12.5. The summed E-state index contributed by atoms with van der Waals surface area (Å²) in [5.41, 5.74) is 7.31. The first kappa shape index (κ1) is 31.7. The van der Waals surface area contributed by atoms with Crippen LogP contribution in [0.5, 0.6) is 0 Å². The summed E-state index contributed by atoms with van der Waals surface area (Å²) >= 11 is 0. The van der Waals surface area contributed by atoms with Crippen molar-refractivity contribution < 1.29 is 24.6 Å². The Labute approximate surface area is 283 Å². The molecular weight excluding hydrogens is 618 g/mol. The first-order chi connectivity index (χ1) is 23.8. The SMILES string of the molecule is O=C(O)CCCc1c[nH]c2ccc(NC(=O)c3ccc(-n4ccc5cc(NC(=O)c6ccc(N7CCC(O)CC7)cc6)ccc54)cc3)cc12. The van der Waals surface area contributed by atoms with Gasteiger partial charge in [-0.1, -0.05) is 0 Å². The van der Waals surface area contributed by atoms with Crippen molar-refractivity contribution in [1.29, 1.82) is 0 Å². The quantitative estimate of drug-likeness (QED) is 0.108. The third kappa shape index (κ3) is 7.05. The number of aliphatic hydroxyl groups excluding tert-OH is 1. The number of nitrogens with zero attached hydrogens (tertiary/aromatic N) is 2. The lowest BCUT2D eigenvalue weighted by Gasteiger charge is -2.31. The number of benzene rings is 4. The molecule has 0 aliphatic carbocycles. The van der Waals surface area contributed by atoms with Gasteiger partial charge in [0, 0.05) is 82.1 Å². The normalized spacial score (nSPS) is 13.5. The molecule has 0 unspecified atom stereocenters. The molecule has 2 amide bonds. The number of nitrogens with one attached hydrogen (secondary N) is 3. The van der Waals surface area contributed by atoms with Gasteiger partial charge in [-0.15, -0.1) is 0 Å². The van der Waals surface area contributed by atoms with Crippen LogP contribution in [0.3, 0.4) is 0 Å². The fourth-order valence-electron chi connectivity index (χ4n) is 6.47. The zero-order chi connectivity index (χ0) is 33.9. The molecule has 5 N–H and O–H groups in total. The standard InChI is InChI=1S/C39H37N5O5/c45-33-17-19-43(20-18-33)31-10-4-25(5-11-31)38(48)41-29-9-15-36-27(22-29)16-21-44(36)32-12-6-26(7-13-32)39(49)42-30-8-14-35-34(23-30)28(24-40-35)2-1-3-37(46)47/h4-16,21-24,33,40,45H,1-3,17-20H2,(H,41,48)(H,42,49)(H,46,47). The summed E-state index contributed by atoms with van der Waals surface area (Å²) in [5, 5.41) is 26.6. The summed E-state index contributed by atoms with van der Waals surface area (Å²) < 4.78 is 2.03. The number of aromatic amines is 1. The van der Waals surface area contributed by atoms with Crippen LogP contribution in [0.4, 0.5) is 17.1 Å². The maximum absolute atomic E-state index is 13.1. The van der Waals surface area contributed by atoms with E-state index in [1.165, 1.54) is 0 Å². The zero-order valence-corrected chi connectivity index (χ0v) is 26.9. The molecule has 49 heavy (non-hydrogen) atoms. The number of aryl methyl sites for hydroxylation is 1. The number of carboxylic acids is 1. The summed E-state index contributed by atoms with van der Waals surface area (Å²) in [7, 11) is 0. The molecule has 0 radical (unpaired) electrons. The molecule has 1 fully saturated rings. The van der Waals surface area contributed by atoms with Gasteiger partial charge in [0.2, 0.25) is 0 Å². The molecule has 6 aromatic rings. The first-order valence-corrected chi connectivity index (χ1v) is 16.5. The number of hydrogen-bond acceptors (Lipinski definition) is 5. The number of piperidine rings is 1. The number of aliphatic hydroxyl groups is 1. The molecule has 1 aliphatic heterocycles. The third-order valence-electron chi connectivity index (χ3n) is 9.18. The Hall–Kier alpha value is -5.87. The van der Waals surface area contributed by atoms with E-state index in [0.717, 1.165) is 64.7 Å². The summed E-state index contributed by atoms with van der Waals surface area (Å²) in [6, 6.07) is 28.4. The van der Waals surface area contributed by atoms with Gasteiger partial charge in [-0.25, -0.2) is 0 Å². The highest BCUT2D eigenvalue weighted by Gasteiger charge is 2.18. The molecule has 248 valence electrons. The van der Waals surface area contributed by atoms with Crippen molar-refractivity contribution in [3.63, 3.8) is 0 Å². The highest BCUT2D eigenvalue weighted by molar-refractivity contribution is 6.06. The number of H-pyrrole nitrogens is 1. The van der Waals surface area contributed by atoms with Crippen LogP contribution in [-0.4, -0.2) is 56.7 Å². The Morgan fingerprint density at radius 1 is 0.776 bits per heavy atom. The Balaban J connectivity index is 0.990. The van der Waals surface area contributed by atoms with Gasteiger partial charge < -0.3 is 35.3 Å². The van der Waals surface area contributed by atoms with Crippen molar-refractivity contribution in [3.05, 3.63) is 120 Å². The number of rotatable bonds is 10. The van der Waals surface area contributed by atoms with Gasteiger partial charge in [-0.05, 0) is 122 Å². The van der Waals surface area contributed by atoms with Crippen LogP contribution in [-0.2, 0) is 11.2 Å². The smallest absolute Gasteiger partial charge is 0.303 e. The summed E-state index contributed by atoms with van der Waals surface area (Å²) in [4.78, 5) is 42.5. The number of carbonyl (C=O) groups is 3. The van der Waals surface area contributed by atoms with Crippen LogP contribution in [0.2, 0.25) is 0 Å². The van der Waals surface area contributed by atoms with Gasteiger partial charge in [-0.2, -0.15) is 0 Å². The Morgan fingerprint density at radius 2 is 1.41 bits per heavy atom. The second kappa shape index (κ2) is 13.7. The maximum atomic E-state index is 13.1. The molecule has 7 rings (SSSR count). The van der Waals surface area contributed by atoms with Crippen LogP contribution in [0.1, 0.15) is 52.0 Å². The van der Waals surface area contributed by atoms with Gasteiger partial charge in [0.05, 0.1) is 11.6 Å². The number of hydrogen-bond donors (Lipinski definition) is 5. The molecule has 0 spiro atoms. The maximum Gasteiger partial charge on any atom is 0.303 e. The molecule has 10 nitrogen and oxygen atoms in total. The zero-order valence-electron chi connectivity index (χ0n) is 26.9. The summed E-state index contributed by atoms with van der Waals surface area (Å²) in [6.45, 7) is 1.61. The van der Waals surface area contributed by atoms with Gasteiger partial charge in [0.15, 0.2) is 0 Å². The molecule has 0 bridgehead atoms. The summed E-state index contributed by atoms with van der Waals surface area (Å²) in [5.74, 6) is -1.22. The predicted octanol–water partition coefficient (Wildman–Crippen LogP) is 6.98. The van der Waals surface area contributed by atoms with Crippen molar-refractivity contribution in [1.82, 2.24) is 9.55 Å². The van der Waals surface area contributed by atoms with E-state index in [1.54, 1.807) is 12.1 Å². The number of carbonyl (C=O) groups excluding carboxylic acids is 2. The van der Waals surface area contributed by atoms with Crippen LogP contribution >= 0.6 is 0 Å². The van der Waals surface area contributed by atoms with Crippen molar-refractivity contribution in [2.75, 3.05) is 28.6 Å². The number of aromatic nitrogens is 2. The van der Waals surface area contributed by atoms with Gasteiger partial charge in [-0.3, -0.25) is 14.4 Å². The van der Waals surface area contributed by atoms with E-state index in [9.17, 15) is 19.5 Å². The molecule has 1 saturated heterocycles. The van der Waals surface area contributed by atoms with E-state index >= 15 is 0 Å². The van der Waals surface area contributed by atoms with Crippen LogP contribution in [0, 0.1) is 0 Å². The Kier molecular flexibility index (Phi) is 8.87. The largest absolute Gasteiger partial charge is 0.481 e. The van der Waals surface area contributed by atoms with Gasteiger partial charge in [0.1, 0.15) is 0 Å². The molecule has 0 saturated carbocycles. The second-order valence-corrected chi connectivity index (χ2v) is 12.5. The van der Waals surface area contributed by atoms with Crippen LogP contribution < -0.4 is 15.5 Å². The lowest BCUT2D eigenvalue weighted by atomic mass is 10.1. The average Bonchev–Trinajstić information content (AvgIpc) is 3.72. The van der Waals surface area contributed by atoms with Crippen molar-refractivity contribution in [2.24, 2.45) is 0 Å². The van der Waals surface area contributed by atoms with Crippen LogP contribution in [0.25, 0.3) is 27.5 Å². The van der Waals surface area contributed by atoms with E-state index < -0.39 is 5.97 Å². The first-order valence-electron chi connectivity index (χ1n) is 16.5. The summed E-state index contributed by atoms with van der Waals surface area (Å²) in [6.07, 6.45) is 6.42. The molecule has 10 heteroatoms. The topological polar surface area (TPSA) is 140 Å². The van der Waals surface area contributed by atoms with Gasteiger partial charge >= 0.3 is 5.97 Å². The van der Waals surface area contributed by atoms with Gasteiger partial charge in [0.25, 0.3) is 11.8 Å². The van der Waals surface area contributed by atoms with Crippen LogP contribution in [0.15, 0.2) is 103 Å². The Bertz CT molecular complexity index is 2140. The van der Waals surface area contributed by atoms with Crippen molar-refractivity contribution >= 4 is 56.7 Å². The minimum atomic E-state index is -0.811. The lowest BCUT2D eigenvalue weighted by Crippen LogP contribution is -2.35. The number of aliphatic carboxylic acids is 1. The minimum Gasteiger partial charge on any atom is -0.481 e.